The van der Waals surface area contributed by atoms with Crippen molar-refractivity contribution in [1.82, 2.24) is 30.0 Å². The van der Waals surface area contributed by atoms with E-state index in [0.717, 1.165) is 97.1 Å². The van der Waals surface area contributed by atoms with Crippen molar-refractivity contribution in [3.63, 3.8) is 0 Å². The van der Waals surface area contributed by atoms with Gasteiger partial charge in [-0.05, 0) is 88.1 Å². The van der Waals surface area contributed by atoms with Crippen LogP contribution in [-0.4, -0.2) is 60.2 Å². The number of hydrogen-bond donors (Lipinski definition) is 2. The molecule has 0 saturated heterocycles. The van der Waals surface area contributed by atoms with Gasteiger partial charge in [0.05, 0.1) is 35.5 Å². The van der Waals surface area contributed by atoms with Crippen LogP contribution in [0.15, 0.2) is 75.1 Å². The first-order valence-electron chi connectivity index (χ1n) is 19.7. The minimum absolute atomic E-state index is 0.0853. The number of ether oxygens (including phenoxy) is 1. The summed E-state index contributed by atoms with van der Waals surface area (Å²) in [5, 5.41) is 16.6. The molecule has 0 spiro atoms. The van der Waals surface area contributed by atoms with E-state index in [0.29, 0.717) is 46.8 Å². The number of aromatic nitrogens is 4. The van der Waals surface area contributed by atoms with Crippen molar-refractivity contribution in [2.24, 2.45) is 4.99 Å². The molecule has 3 aromatic carbocycles. The van der Waals surface area contributed by atoms with Crippen LogP contribution in [-0.2, 0) is 14.8 Å². The third kappa shape index (κ3) is 10.2. The molecule has 14 heteroatoms. The lowest BCUT2D eigenvalue weighted by Crippen LogP contribution is -2.26. The van der Waals surface area contributed by atoms with Crippen molar-refractivity contribution in [2.75, 3.05) is 20.2 Å². The smallest absolute Gasteiger partial charge is 0.240 e. The number of hydrogen-bond acceptors (Lipinski definition) is 9. The van der Waals surface area contributed by atoms with Crippen LogP contribution in [0.25, 0.3) is 16.8 Å². The van der Waals surface area contributed by atoms with E-state index in [9.17, 15) is 13.2 Å². The summed E-state index contributed by atoms with van der Waals surface area (Å²) in [4.78, 5) is 18.7. The number of carbonyl (C=O) groups excluding carboxylic acids is 1. The Balaban J connectivity index is 0.899. The molecule has 1 aliphatic rings. The highest BCUT2D eigenvalue weighted by Gasteiger charge is 2.30. The number of fused-ring (bicyclic) bond motifs is 3. The van der Waals surface area contributed by atoms with Gasteiger partial charge in [0.25, 0.3) is 0 Å². The molecule has 1 atom stereocenters. The van der Waals surface area contributed by atoms with Crippen LogP contribution in [0.3, 0.4) is 0 Å². The molecule has 0 aliphatic carbocycles. The molecule has 1 aliphatic heterocycles. The Morgan fingerprint density at radius 2 is 1.51 bits per heavy atom. The molecule has 0 radical (unpaired) electrons. The molecule has 0 saturated carbocycles. The maximum atomic E-state index is 13.3. The third-order valence-corrected chi connectivity index (χ3v) is 12.3. The molecule has 1 unspecified atom stereocenters. The summed E-state index contributed by atoms with van der Waals surface area (Å²) in [6.45, 7) is 8.39. The molecular formula is C43H52ClN7O5S. The van der Waals surface area contributed by atoms with Crippen molar-refractivity contribution in [1.29, 1.82) is 0 Å². The number of benzene rings is 3. The Labute approximate surface area is 340 Å². The molecule has 5 aromatic rings. The van der Waals surface area contributed by atoms with Crippen LogP contribution in [0.2, 0.25) is 5.02 Å². The molecule has 2 aromatic heterocycles. The average Bonchev–Trinajstić information content (AvgIpc) is 3.71. The highest BCUT2D eigenvalue weighted by atomic mass is 35.5. The predicted molar refractivity (Wildman–Crippen MR) is 223 cm³/mol. The Morgan fingerprint density at radius 3 is 2.18 bits per heavy atom. The predicted octanol–water partition coefficient (Wildman–Crippen LogP) is 8.71. The zero-order chi connectivity index (χ0) is 40.5. The Morgan fingerprint density at radius 1 is 0.842 bits per heavy atom. The molecule has 57 heavy (non-hydrogen) atoms. The van der Waals surface area contributed by atoms with E-state index in [4.69, 9.17) is 25.9 Å². The fourth-order valence-electron chi connectivity index (χ4n) is 7.36. The van der Waals surface area contributed by atoms with Gasteiger partial charge in [-0.3, -0.25) is 14.4 Å². The van der Waals surface area contributed by atoms with Crippen molar-refractivity contribution in [3.8, 4) is 22.6 Å². The number of aryl methyl sites for hydroxylation is 4. The van der Waals surface area contributed by atoms with Gasteiger partial charge >= 0.3 is 0 Å². The Bertz CT molecular complexity index is 2300. The molecule has 3 heterocycles. The summed E-state index contributed by atoms with van der Waals surface area (Å²) in [6.07, 6.45) is 9.37. The summed E-state index contributed by atoms with van der Waals surface area (Å²) in [6, 6.07) is 18.2. The van der Waals surface area contributed by atoms with Crippen molar-refractivity contribution < 1.29 is 22.5 Å². The number of nitrogens with one attached hydrogen (secondary N) is 2. The van der Waals surface area contributed by atoms with Crippen LogP contribution >= 0.6 is 11.6 Å². The van der Waals surface area contributed by atoms with Gasteiger partial charge in [-0.15, -0.1) is 10.2 Å². The maximum Gasteiger partial charge on any atom is 0.240 e. The maximum absolute atomic E-state index is 13.3. The van der Waals surface area contributed by atoms with E-state index in [2.05, 4.69) is 25.4 Å². The van der Waals surface area contributed by atoms with Gasteiger partial charge in [-0.1, -0.05) is 86.0 Å². The quantitative estimate of drug-likeness (QED) is 0.0786. The number of carbonyl (C=O) groups is 1. The number of rotatable bonds is 19. The third-order valence-electron chi connectivity index (χ3n) is 10.4. The van der Waals surface area contributed by atoms with Gasteiger partial charge in [0.15, 0.2) is 5.82 Å². The van der Waals surface area contributed by atoms with Crippen molar-refractivity contribution in [3.05, 3.63) is 105 Å². The summed E-state index contributed by atoms with van der Waals surface area (Å²) >= 11 is 6.22. The number of halogens is 1. The molecule has 6 rings (SSSR count). The van der Waals surface area contributed by atoms with Gasteiger partial charge < -0.3 is 14.6 Å². The zero-order valence-electron chi connectivity index (χ0n) is 33.4. The monoisotopic (exact) mass is 813 g/mol. The van der Waals surface area contributed by atoms with Gasteiger partial charge in [-0.2, -0.15) is 0 Å². The Hall–Kier alpha value is -4.85. The molecule has 0 bridgehead atoms. The summed E-state index contributed by atoms with van der Waals surface area (Å²) < 4.78 is 41.9. The average molecular weight is 814 g/mol. The highest BCUT2D eigenvalue weighted by molar-refractivity contribution is 7.89. The summed E-state index contributed by atoms with van der Waals surface area (Å²) in [5.74, 6) is 2.60. The molecule has 12 nitrogen and oxygen atoms in total. The normalized spacial score (nSPS) is 13.8. The first kappa shape index (κ1) is 41.8. The van der Waals surface area contributed by atoms with Crippen LogP contribution in [0, 0.1) is 27.7 Å². The van der Waals surface area contributed by atoms with Crippen molar-refractivity contribution >= 4 is 33.2 Å². The van der Waals surface area contributed by atoms with E-state index in [1.807, 2.05) is 86.9 Å². The standard InChI is InChI=1S/C43H52ClN7O5S/c1-28-15-16-33(41-29(2)50-56-30(41)3)25-39(28)57(53,54)46-24-14-12-10-8-6-7-9-11-13-23-45-40(52)27-37-43-49-48-31(4)51(43)38-22-21-35(55-5)26-36(38)42(47-37)32-17-19-34(44)20-18-32/h15-22,25-26,37,46H,6-14,23-24,27H2,1-5H3,(H,45,52). The second-order valence-electron chi connectivity index (χ2n) is 14.6. The minimum atomic E-state index is -3.64. The van der Waals surface area contributed by atoms with Gasteiger partial charge in [0, 0.05) is 34.8 Å². The summed E-state index contributed by atoms with van der Waals surface area (Å²) in [7, 11) is -2.01. The molecule has 302 valence electrons. The first-order chi connectivity index (χ1) is 27.5. The largest absolute Gasteiger partial charge is 0.497 e. The van der Waals surface area contributed by atoms with E-state index >= 15 is 0 Å². The number of nitrogens with zero attached hydrogens (tertiary/aromatic N) is 5. The minimum Gasteiger partial charge on any atom is -0.497 e. The number of aliphatic imine (C=N–C) groups is 1. The van der Waals surface area contributed by atoms with E-state index < -0.39 is 16.1 Å². The molecular weight excluding hydrogens is 762 g/mol. The van der Waals surface area contributed by atoms with E-state index in [1.54, 1.807) is 13.2 Å². The van der Waals surface area contributed by atoms with Crippen LogP contribution in [0.5, 0.6) is 5.75 Å². The molecule has 2 N–H and O–H groups in total. The highest BCUT2D eigenvalue weighted by Crippen LogP contribution is 2.35. The number of unbranched alkanes of at least 4 members (excludes halogenated alkanes) is 8. The lowest BCUT2D eigenvalue weighted by molar-refractivity contribution is -0.121. The molecule has 1 amide bonds. The number of methoxy groups -OCH3 is 1. The number of sulfonamides is 1. The second kappa shape index (κ2) is 19.1. The second-order valence-corrected chi connectivity index (χ2v) is 16.8. The zero-order valence-corrected chi connectivity index (χ0v) is 35.0. The molecule has 0 fully saturated rings. The van der Waals surface area contributed by atoms with Crippen molar-refractivity contribution in [2.45, 2.75) is 103 Å². The van der Waals surface area contributed by atoms with Crippen LogP contribution < -0.4 is 14.8 Å². The van der Waals surface area contributed by atoms with E-state index in [1.165, 1.54) is 0 Å². The lowest BCUT2D eigenvalue weighted by atomic mass is 10.00. The SMILES string of the molecule is COc1ccc2c(c1)C(c1ccc(Cl)cc1)=NC(CC(=O)NCCCCCCCCCCCNS(=O)(=O)c1cc(-c3c(C)noc3C)ccc1C)c1nnc(C)n1-2. The van der Waals surface area contributed by atoms with Gasteiger partial charge in [-0.25, -0.2) is 13.1 Å². The van der Waals surface area contributed by atoms with Crippen LogP contribution in [0.4, 0.5) is 0 Å². The summed E-state index contributed by atoms with van der Waals surface area (Å²) in [5.41, 5.74) is 6.38. The van der Waals surface area contributed by atoms with Gasteiger partial charge in [0.1, 0.15) is 23.4 Å². The first-order valence-corrected chi connectivity index (χ1v) is 21.6. The topological polar surface area (TPSA) is 154 Å². The van der Waals surface area contributed by atoms with E-state index in [-0.39, 0.29) is 17.2 Å². The van der Waals surface area contributed by atoms with Gasteiger partial charge in [0.2, 0.25) is 15.9 Å². The Kier molecular flexibility index (Phi) is 14.0. The lowest BCUT2D eigenvalue weighted by Gasteiger charge is -2.14. The van der Waals surface area contributed by atoms with Crippen LogP contribution in [0.1, 0.15) is 110 Å². The fourth-order valence-corrected chi connectivity index (χ4v) is 8.83. The number of amides is 1. The fraction of sp³-hybridized carbons (Fsp3) is 0.419.